The standard InChI is InChI=1S/C19H16N4O2/c1-13-6-7-16(22-18(24)14-4-2-8-20-11-14)10-17(13)23-19(25)15-5-3-9-21-12-15/h2-12H,1H3,(H,22,24)(H,23,25). The number of nitrogens with zero attached hydrogens (tertiary/aromatic N) is 2. The van der Waals surface area contributed by atoms with Crippen molar-refractivity contribution in [2.45, 2.75) is 6.92 Å². The number of aryl methyl sites for hydroxylation is 1. The molecule has 0 aliphatic rings. The van der Waals surface area contributed by atoms with Gasteiger partial charge in [-0.05, 0) is 48.9 Å². The van der Waals surface area contributed by atoms with E-state index in [0.29, 0.717) is 22.5 Å². The van der Waals surface area contributed by atoms with Gasteiger partial charge in [-0.25, -0.2) is 0 Å². The summed E-state index contributed by atoms with van der Waals surface area (Å²) in [6.45, 7) is 1.88. The van der Waals surface area contributed by atoms with Gasteiger partial charge in [0.05, 0.1) is 11.1 Å². The number of hydrogen-bond donors (Lipinski definition) is 2. The molecule has 3 rings (SSSR count). The predicted molar refractivity (Wildman–Crippen MR) is 95.6 cm³/mol. The molecule has 3 aromatic rings. The Hall–Kier alpha value is -3.54. The molecule has 1 aromatic carbocycles. The second kappa shape index (κ2) is 7.35. The average Bonchev–Trinajstić information content (AvgIpc) is 2.66. The smallest absolute Gasteiger partial charge is 0.257 e. The summed E-state index contributed by atoms with van der Waals surface area (Å²) in [7, 11) is 0. The number of aromatic nitrogens is 2. The fourth-order valence-electron chi connectivity index (χ4n) is 2.23. The van der Waals surface area contributed by atoms with E-state index in [-0.39, 0.29) is 11.8 Å². The van der Waals surface area contributed by atoms with Crippen LogP contribution in [0.25, 0.3) is 0 Å². The van der Waals surface area contributed by atoms with Crippen LogP contribution in [0.5, 0.6) is 0 Å². The van der Waals surface area contributed by atoms with Gasteiger partial charge < -0.3 is 10.6 Å². The second-order valence-corrected chi connectivity index (χ2v) is 5.42. The molecule has 0 aliphatic heterocycles. The van der Waals surface area contributed by atoms with Crippen LogP contribution in [-0.2, 0) is 0 Å². The van der Waals surface area contributed by atoms with Gasteiger partial charge >= 0.3 is 0 Å². The van der Waals surface area contributed by atoms with E-state index in [1.54, 1.807) is 48.8 Å². The van der Waals surface area contributed by atoms with Gasteiger partial charge in [-0.3, -0.25) is 19.6 Å². The van der Waals surface area contributed by atoms with Crippen LogP contribution in [0.15, 0.2) is 67.3 Å². The van der Waals surface area contributed by atoms with Gasteiger partial charge in [-0.15, -0.1) is 0 Å². The largest absolute Gasteiger partial charge is 0.322 e. The molecule has 25 heavy (non-hydrogen) atoms. The molecule has 0 bridgehead atoms. The van der Waals surface area contributed by atoms with E-state index in [9.17, 15) is 9.59 Å². The van der Waals surface area contributed by atoms with Gasteiger partial charge in [0.15, 0.2) is 0 Å². The van der Waals surface area contributed by atoms with Crippen molar-refractivity contribution in [3.05, 3.63) is 83.9 Å². The second-order valence-electron chi connectivity index (χ2n) is 5.42. The zero-order valence-corrected chi connectivity index (χ0v) is 13.6. The molecular formula is C19H16N4O2. The molecule has 0 aliphatic carbocycles. The molecule has 0 saturated heterocycles. The number of rotatable bonds is 4. The molecule has 6 heteroatoms. The number of nitrogens with one attached hydrogen (secondary N) is 2. The van der Waals surface area contributed by atoms with Gasteiger partial charge in [0, 0.05) is 36.2 Å². The SMILES string of the molecule is Cc1ccc(NC(=O)c2cccnc2)cc1NC(=O)c1cccnc1. The molecule has 6 nitrogen and oxygen atoms in total. The van der Waals surface area contributed by atoms with Crippen molar-refractivity contribution in [3.8, 4) is 0 Å². The van der Waals surface area contributed by atoms with Crippen molar-refractivity contribution in [3.63, 3.8) is 0 Å². The van der Waals surface area contributed by atoms with E-state index >= 15 is 0 Å². The van der Waals surface area contributed by atoms with Crippen molar-refractivity contribution in [2.24, 2.45) is 0 Å². The van der Waals surface area contributed by atoms with Crippen molar-refractivity contribution in [1.29, 1.82) is 0 Å². The number of hydrogen-bond acceptors (Lipinski definition) is 4. The molecular weight excluding hydrogens is 316 g/mol. The Morgan fingerprint density at radius 1 is 0.840 bits per heavy atom. The van der Waals surface area contributed by atoms with Crippen molar-refractivity contribution in [1.82, 2.24) is 9.97 Å². The van der Waals surface area contributed by atoms with E-state index in [0.717, 1.165) is 5.56 Å². The van der Waals surface area contributed by atoms with Crippen LogP contribution in [0, 0.1) is 6.92 Å². The number of pyridine rings is 2. The van der Waals surface area contributed by atoms with Crippen molar-refractivity contribution >= 4 is 23.2 Å². The maximum atomic E-state index is 12.3. The Labute approximate surface area is 145 Å². The highest BCUT2D eigenvalue weighted by molar-refractivity contribution is 6.06. The van der Waals surface area contributed by atoms with Crippen molar-refractivity contribution < 1.29 is 9.59 Å². The predicted octanol–water partition coefficient (Wildman–Crippen LogP) is 3.29. The zero-order valence-electron chi connectivity index (χ0n) is 13.6. The molecule has 2 aromatic heterocycles. The zero-order chi connectivity index (χ0) is 17.6. The van der Waals surface area contributed by atoms with Crippen molar-refractivity contribution in [2.75, 3.05) is 10.6 Å². The summed E-state index contributed by atoms with van der Waals surface area (Å²) in [4.78, 5) is 32.3. The third kappa shape index (κ3) is 4.06. The van der Waals surface area contributed by atoms with E-state index in [1.165, 1.54) is 12.4 Å². The van der Waals surface area contributed by atoms with Crippen LogP contribution in [-0.4, -0.2) is 21.8 Å². The van der Waals surface area contributed by atoms with Crippen LogP contribution < -0.4 is 10.6 Å². The van der Waals surface area contributed by atoms with E-state index in [4.69, 9.17) is 0 Å². The molecule has 0 saturated carbocycles. The summed E-state index contributed by atoms with van der Waals surface area (Å²) in [5.41, 5.74) is 3.02. The Balaban J connectivity index is 1.76. The molecule has 2 amide bonds. The lowest BCUT2D eigenvalue weighted by Crippen LogP contribution is -2.15. The molecule has 0 fully saturated rings. The minimum absolute atomic E-state index is 0.257. The molecule has 2 N–H and O–H groups in total. The number of carbonyl (C=O) groups is 2. The van der Waals surface area contributed by atoms with Gasteiger partial charge in [0.1, 0.15) is 0 Å². The highest BCUT2D eigenvalue weighted by Gasteiger charge is 2.10. The van der Waals surface area contributed by atoms with Gasteiger partial charge in [0.25, 0.3) is 11.8 Å². The first kappa shape index (κ1) is 16.3. The lowest BCUT2D eigenvalue weighted by molar-refractivity contribution is 0.101. The van der Waals surface area contributed by atoms with Gasteiger partial charge in [-0.1, -0.05) is 6.07 Å². The maximum Gasteiger partial charge on any atom is 0.257 e. The summed E-state index contributed by atoms with van der Waals surface area (Å²) < 4.78 is 0. The lowest BCUT2D eigenvalue weighted by atomic mass is 10.1. The minimum Gasteiger partial charge on any atom is -0.322 e. The maximum absolute atomic E-state index is 12.3. The van der Waals surface area contributed by atoms with Crippen LogP contribution in [0.2, 0.25) is 0 Å². The quantitative estimate of drug-likeness (QED) is 0.768. The molecule has 2 heterocycles. The van der Waals surface area contributed by atoms with Gasteiger partial charge in [-0.2, -0.15) is 0 Å². The summed E-state index contributed by atoms with van der Waals surface area (Å²) in [5.74, 6) is -0.520. The third-order valence-electron chi connectivity index (χ3n) is 3.59. The van der Waals surface area contributed by atoms with E-state index < -0.39 is 0 Å². The normalized spacial score (nSPS) is 10.1. The Morgan fingerprint density at radius 3 is 2.00 bits per heavy atom. The molecule has 0 atom stereocenters. The molecule has 0 spiro atoms. The molecule has 0 unspecified atom stereocenters. The average molecular weight is 332 g/mol. The van der Waals surface area contributed by atoms with Gasteiger partial charge in [0.2, 0.25) is 0 Å². The first-order valence-corrected chi connectivity index (χ1v) is 7.67. The monoisotopic (exact) mass is 332 g/mol. The van der Waals surface area contributed by atoms with E-state index in [2.05, 4.69) is 20.6 Å². The summed E-state index contributed by atoms with van der Waals surface area (Å²) >= 11 is 0. The lowest BCUT2D eigenvalue weighted by Gasteiger charge is -2.11. The summed E-state index contributed by atoms with van der Waals surface area (Å²) in [5, 5.41) is 5.63. The third-order valence-corrected chi connectivity index (χ3v) is 3.59. The number of anilines is 2. The Morgan fingerprint density at radius 2 is 1.44 bits per heavy atom. The molecule has 124 valence electrons. The minimum atomic E-state index is -0.263. The highest BCUT2D eigenvalue weighted by Crippen LogP contribution is 2.21. The summed E-state index contributed by atoms with van der Waals surface area (Å²) in [6.07, 6.45) is 6.21. The topological polar surface area (TPSA) is 84.0 Å². The fraction of sp³-hybridized carbons (Fsp3) is 0.0526. The first-order chi connectivity index (χ1) is 12.1. The summed E-state index contributed by atoms with van der Waals surface area (Å²) in [6, 6.07) is 12.1. The number of amides is 2. The Bertz CT molecular complexity index is 896. The van der Waals surface area contributed by atoms with Crippen LogP contribution in [0.4, 0.5) is 11.4 Å². The first-order valence-electron chi connectivity index (χ1n) is 7.67. The van der Waals surface area contributed by atoms with Crippen LogP contribution >= 0.6 is 0 Å². The van der Waals surface area contributed by atoms with E-state index in [1.807, 2.05) is 13.0 Å². The fourth-order valence-corrected chi connectivity index (χ4v) is 2.23. The number of carbonyl (C=O) groups excluding carboxylic acids is 2. The van der Waals surface area contributed by atoms with Crippen LogP contribution in [0.1, 0.15) is 26.3 Å². The molecule has 0 radical (unpaired) electrons. The number of benzene rings is 1. The van der Waals surface area contributed by atoms with Crippen LogP contribution in [0.3, 0.4) is 0 Å². The highest BCUT2D eigenvalue weighted by atomic mass is 16.2. The Kier molecular flexibility index (Phi) is 4.80.